The Morgan fingerprint density at radius 1 is 1.36 bits per heavy atom. The van der Waals surface area contributed by atoms with Crippen molar-refractivity contribution in [3.63, 3.8) is 0 Å². The number of benzene rings is 1. The summed E-state index contributed by atoms with van der Waals surface area (Å²) >= 11 is 3.27. The Kier molecular flexibility index (Phi) is 2.49. The number of anilines is 1. The van der Waals surface area contributed by atoms with Crippen LogP contribution < -0.4 is 4.90 Å². The third kappa shape index (κ3) is 1.93. The molecule has 1 aromatic rings. The highest BCUT2D eigenvalue weighted by molar-refractivity contribution is 9.10. The Morgan fingerprint density at radius 2 is 2.00 bits per heavy atom. The summed E-state index contributed by atoms with van der Waals surface area (Å²) in [5.41, 5.74) is 0.597. The minimum atomic E-state index is -0.196. The Labute approximate surface area is 74.0 Å². The van der Waals surface area contributed by atoms with Crippen LogP contribution in [0.4, 0.5) is 10.1 Å². The summed E-state index contributed by atoms with van der Waals surface area (Å²) in [6, 6.07) is 4.87. The average Bonchev–Trinajstić information content (AvgIpc) is 1.94. The minimum Gasteiger partial charge on any atom is -0.375 e. The van der Waals surface area contributed by atoms with Crippen molar-refractivity contribution in [2.24, 2.45) is 0 Å². The van der Waals surface area contributed by atoms with Gasteiger partial charge in [-0.2, -0.15) is 0 Å². The number of halogens is 2. The van der Waals surface area contributed by atoms with Crippen molar-refractivity contribution in [2.45, 2.75) is 0 Å². The molecule has 3 heteroatoms. The standard InChI is InChI=1S/C8H9BrFN/c1-11(2)8-5-6(9)3-4-7(8)10/h3-5H,1-2H3. The van der Waals surface area contributed by atoms with Gasteiger partial charge in [-0.15, -0.1) is 0 Å². The predicted molar refractivity (Wildman–Crippen MR) is 48.4 cm³/mol. The monoisotopic (exact) mass is 217 g/mol. The molecule has 0 aromatic heterocycles. The second-order valence-electron chi connectivity index (χ2n) is 2.49. The molecular weight excluding hydrogens is 209 g/mol. The summed E-state index contributed by atoms with van der Waals surface area (Å²) < 4.78 is 13.8. The van der Waals surface area contributed by atoms with Gasteiger partial charge in [-0.25, -0.2) is 4.39 Å². The molecular formula is C8H9BrFN. The molecule has 1 nitrogen and oxygen atoms in total. The third-order valence-corrected chi connectivity index (χ3v) is 1.88. The largest absolute Gasteiger partial charge is 0.375 e. The van der Waals surface area contributed by atoms with Crippen LogP contribution >= 0.6 is 15.9 Å². The first-order valence-electron chi connectivity index (χ1n) is 3.23. The lowest BCUT2D eigenvalue weighted by Crippen LogP contribution is -2.10. The molecule has 0 heterocycles. The lowest BCUT2D eigenvalue weighted by atomic mass is 10.3. The third-order valence-electron chi connectivity index (χ3n) is 1.39. The molecule has 0 aliphatic carbocycles. The fraction of sp³-hybridized carbons (Fsp3) is 0.250. The van der Waals surface area contributed by atoms with Gasteiger partial charge in [0.05, 0.1) is 5.69 Å². The van der Waals surface area contributed by atoms with Crippen LogP contribution in [0.1, 0.15) is 0 Å². The van der Waals surface area contributed by atoms with Crippen molar-refractivity contribution in [2.75, 3.05) is 19.0 Å². The van der Waals surface area contributed by atoms with E-state index >= 15 is 0 Å². The molecule has 0 radical (unpaired) electrons. The minimum absolute atomic E-state index is 0.196. The molecule has 0 unspecified atom stereocenters. The highest BCUT2D eigenvalue weighted by atomic mass is 79.9. The summed E-state index contributed by atoms with van der Waals surface area (Å²) in [5.74, 6) is -0.196. The van der Waals surface area contributed by atoms with Crippen LogP contribution in [0.25, 0.3) is 0 Å². The van der Waals surface area contributed by atoms with E-state index in [-0.39, 0.29) is 5.82 Å². The van der Waals surface area contributed by atoms with Crippen LogP contribution in [0, 0.1) is 5.82 Å². The predicted octanol–water partition coefficient (Wildman–Crippen LogP) is 2.65. The molecule has 60 valence electrons. The van der Waals surface area contributed by atoms with Gasteiger partial charge in [-0.05, 0) is 18.2 Å². The van der Waals surface area contributed by atoms with Gasteiger partial charge in [0.1, 0.15) is 5.82 Å². The summed E-state index contributed by atoms with van der Waals surface area (Å²) in [6.07, 6.45) is 0. The number of hydrogen-bond donors (Lipinski definition) is 0. The number of nitrogens with zero attached hydrogens (tertiary/aromatic N) is 1. The van der Waals surface area contributed by atoms with E-state index in [4.69, 9.17) is 0 Å². The smallest absolute Gasteiger partial charge is 0.146 e. The van der Waals surface area contributed by atoms with Crippen LogP contribution in [-0.4, -0.2) is 14.1 Å². The van der Waals surface area contributed by atoms with Crippen molar-refractivity contribution in [1.29, 1.82) is 0 Å². The first-order valence-corrected chi connectivity index (χ1v) is 4.03. The Bertz CT molecular complexity index is 260. The zero-order chi connectivity index (χ0) is 8.43. The quantitative estimate of drug-likeness (QED) is 0.700. The molecule has 11 heavy (non-hydrogen) atoms. The molecule has 1 rings (SSSR count). The molecule has 0 saturated heterocycles. The van der Waals surface area contributed by atoms with E-state index in [1.165, 1.54) is 6.07 Å². The molecule has 0 aliphatic heterocycles. The van der Waals surface area contributed by atoms with Gasteiger partial charge in [-0.3, -0.25) is 0 Å². The van der Waals surface area contributed by atoms with Crippen molar-refractivity contribution >= 4 is 21.6 Å². The van der Waals surface area contributed by atoms with Gasteiger partial charge in [0, 0.05) is 18.6 Å². The second-order valence-corrected chi connectivity index (χ2v) is 3.41. The topological polar surface area (TPSA) is 3.24 Å². The van der Waals surface area contributed by atoms with Crippen molar-refractivity contribution in [1.82, 2.24) is 0 Å². The maximum atomic E-state index is 13.0. The molecule has 0 N–H and O–H groups in total. The molecule has 0 bridgehead atoms. The maximum absolute atomic E-state index is 13.0. The van der Waals surface area contributed by atoms with Crippen LogP contribution in [0.3, 0.4) is 0 Å². The zero-order valence-electron chi connectivity index (χ0n) is 6.44. The van der Waals surface area contributed by atoms with Gasteiger partial charge in [0.15, 0.2) is 0 Å². The van der Waals surface area contributed by atoms with Crippen LogP contribution in [0.5, 0.6) is 0 Å². The first-order chi connectivity index (χ1) is 5.11. The molecule has 0 fully saturated rings. The van der Waals surface area contributed by atoms with E-state index in [2.05, 4.69) is 15.9 Å². The van der Waals surface area contributed by atoms with Gasteiger partial charge in [0.2, 0.25) is 0 Å². The van der Waals surface area contributed by atoms with Crippen molar-refractivity contribution < 1.29 is 4.39 Å². The molecule has 0 atom stereocenters. The van der Waals surface area contributed by atoms with E-state index in [0.29, 0.717) is 5.69 Å². The molecule has 0 amide bonds. The van der Waals surface area contributed by atoms with Gasteiger partial charge in [0.25, 0.3) is 0 Å². The second kappa shape index (κ2) is 3.22. The van der Waals surface area contributed by atoms with Crippen LogP contribution in [-0.2, 0) is 0 Å². The SMILES string of the molecule is CN(C)c1cc(Br)ccc1F. The Hall–Kier alpha value is -0.570. The van der Waals surface area contributed by atoms with Gasteiger partial charge >= 0.3 is 0 Å². The van der Waals surface area contributed by atoms with Crippen LogP contribution in [0.2, 0.25) is 0 Å². The van der Waals surface area contributed by atoms with E-state index in [0.717, 1.165) is 4.47 Å². The normalized spacial score (nSPS) is 9.82. The van der Waals surface area contributed by atoms with Gasteiger partial charge in [-0.1, -0.05) is 15.9 Å². The average molecular weight is 218 g/mol. The summed E-state index contributed by atoms with van der Waals surface area (Å²) in [7, 11) is 3.62. The highest BCUT2D eigenvalue weighted by Gasteiger charge is 2.02. The molecule has 0 spiro atoms. The molecule has 0 aliphatic rings. The fourth-order valence-corrected chi connectivity index (χ4v) is 1.18. The Balaban J connectivity index is 3.13. The molecule has 1 aromatic carbocycles. The lowest BCUT2D eigenvalue weighted by molar-refractivity contribution is 0.626. The summed E-state index contributed by atoms with van der Waals surface area (Å²) in [4.78, 5) is 1.74. The first kappa shape index (κ1) is 8.53. The maximum Gasteiger partial charge on any atom is 0.146 e. The van der Waals surface area contributed by atoms with E-state index in [1.54, 1.807) is 17.0 Å². The molecule has 0 saturated carbocycles. The van der Waals surface area contributed by atoms with Crippen molar-refractivity contribution in [3.05, 3.63) is 28.5 Å². The lowest BCUT2D eigenvalue weighted by Gasteiger charge is -2.13. The Morgan fingerprint density at radius 3 is 2.45 bits per heavy atom. The highest BCUT2D eigenvalue weighted by Crippen LogP contribution is 2.21. The van der Waals surface area contributed by atoms with E-state index in [1.807, 2.05) is 14.1 Å². The fourth-order valence-electron chi connectivity index (χ4n) is 0.829. The summed E-state index contributed by atoms with van der Waals surface area (Å²) in [5, 5.41) is 0. The number of hydrogen-bond acceptors (Lipinski definition) is 1. The number of rotatable bonds is 1. The van der Waals surface area contributed by atoms with Crippen molar-refractivity contribution in [3.8, 4) is 0 Å². The summed E-state index contributed by atoms with van der Waals surface area (Å²) in [6.45, 7) is 0. The van der Waals surface area contributed by atoms with E-state index < -0.39 is 0 Å². The van der Waals surface area contributed by atoms with E-state index in [9.17, 15) is 4.39 Å². The van der Waals surface area contributed by atoms with Crippen LogP contribution in [0.15, 0.2) is 22.7 Å². The zero-order valence-corrected chi connectivity index (χ0v) is 8.02. The van der Waals surface area contributed by atoms with Gasteiger partial charge < -0.3 is 4.90 Å².